The number of hydrogen-bond acceptors (Lipinski definition) is 1. The van der Waals surface area contributed by atoms with Crippen LogP contribution < -0.4 is 0 Å². The highest BCUT2D eigenvalue weighted by Gasteiger charge is 2.29. The quantitative estimate of drug-likeness (QED) is 0.715. The first-order chi connectivity index (χ1) is 6.67. The number of rotatable bonds is 5. The van der Waals surface area contributed by atoms with Crippen LogP contribution in [0.25, 0.3) is 0 Å². The van der Waals surface area contributed by atoms with E-state index in [1.165, 1.54) is 32.1 Å². The van der Waals surface area contributed by atoms with E-state index in [1.54, 1.807) is 0 Å². The second-order valence-corrected chi connectivity index (χ2v) is 5.16. The third-order valence-corrected chi connectivity index (χ3v) is 4.04. The molecule has 1 nitrogen and oxygen atoms in total. The largest absolute Gasteiger partial charge is 0.393 e. The molecule has 1 fully saturated rings. The highest BCUT2D eigenvalue weighted by Crippen LogP contribution is 2.36. The van der Waals surface area contributed by atoms with Crippen molar-refractivity contribution in [2.45, 2.75) is 65.4 Å². The zero-order valence-corrected chi connectivity index (χ0v) is 10.00. The standard InChI is InChI=1S/C13H26O/c1-4-10(3)8-13(14)12-7-6-11(5-2)9-12/h10-14H,4-9H2,1-3H3. The summed E-state index contributed by atoms with van der Waals surface area (Å²) in [5, 5.41) is 10.1. The van der Waals surface area contributed by atoms with Crippen molar-refractivity contribution in [2.24, 2.45) is 17.8 Å². The molecule has 0 radical (unpaired) electrons. The molecule has 0 aromatic carbocycles. The van der Waals surface area contributed by atoms with Gasteiger partial charge in [0.25, 0.3) is 0 Å². The van der Waals surface area contributed by atoms with Gasteiger partial charge in [-0.1, -0.05) is 40.0 Å². The molecule has 4 atom stereocenters. The van der Waals surface area contributed by atoms with Crippen molar-refractivity contribution < 1.29 is 5.11 Å². The van der Waals surface area contributed by atoms with E-state index < -0.39 is 0 Å². The Balaban J connectivity index is 2.28. The van der Waals surface area contributed by atoms with Gasteiger partial charge >= 0.3 is 0 Å². The average molecular weight is 198 g/mol. The van der Waals surface area contributed by atoms with E-state index >= 15 is 0 Å². The molecule has 1 aliphatic rings. The lowest BCUT2D eigenvalue weighted by molar-refractivity contribution is 0.0841. The molecule has 0 bridgehead atoms. The van der Waals surface area contributed by atoms with Crippen LogP contribution in [0, 0.1) is 17.8 Å². The van der Waals surface area contributed by atoms with Crippen molar-refractivity contribution in [3.8, 4) is 0 Å². The summed E-state index contributed by atoms with van der Waals surface area (Å²) >= 11 is 0. The van der Waals surface area contributed by atoms with Crippen LogP contribution in [-0.4, -0.2) is 11.2 Å². The summed E-state index contributed by atoms with van der Waals surface area (Å²) in [4.78, 5) is 0. The van der Waals surface area contributed by atoms with Crippen molar-refractivity contribution in [2.75, 3.05) is 0 Å². The van der Waals surface area contributed by atoms with Crippen LogP contribution in [0.5, 0.6) is 0 Å². The van der Waals surface area contributed by atoms with Gasteiger partial charge in [-0.15, -0.1) is 0 Å². The summed E-state index contributed by atoms with van der Waals surface area (Å²) in [5.74, 6) is 2.19. The Morgan fingerprint density at radius 2 is 2.00 bits per heavy atom. The monoisotopic (exact) mass is 198 g/mol. The molecule has 1 saturated carbocycles. The van der Waals surface area contributed by atoms with Gasteiger partial charge in [-0.2, -0.15) is 0 Å². The smallest absolute Gasteiger partial charge is 0.0571 e. The summed E-state index contributed by atoms with van der Waals surface area (Å²) < 4.78 is 0. The maximum Gasteiger partial charge on any atom is 0.0571 e. The van der Waals surface area contributed by atoms with Gasteiger partial charge < -0.3 is 5.11 Å². The summed E-state index contributed by atoms with van der Waals surface area (Å²) in [7, 11) is 0. The predicted molar refractivity (Wildman–Crippen MR) is 61.2 cm³/mol. The molecule has 0 aromatic heterocycles. The van der Waals surface area contributed by atoms with Crippen LogP contribution in [0.3, 0.4) is 0 Å². The summed E-state index contributed by atoms with van der Waals surface area (Å²) in [5.41, 5.74) is 0. The van der Waals surface area contributed by atoms with Crippen LogP contribution >= 0.6 is 0 Å². The fourth-order valence-corrected chi connectivity index (χ4v) is 2.61. The van der Waals surface area contributed by atoms with Crippen molar-refractivity contribution in [1.82, 2.24) is 0 Å². The van der Waals surface area contributed by atoms with Crippen LogP contribution in [-0.2, 0) is 0 Å². The van der Waals surface area contributed by atoms with Gasteiger partial charge in [0.1, 0.15) is 0 Å². The molecule has 1 rings (SSSR count). The Morgan fingerprint density at radius 3 is 2.50 bits per heavy atom. The fourth-order valence-electron chi connectivity index (χ4n) is 2.61. The maximum absolute atomic E-state index is 10.1. The lowest BCUT2D eigenvalue weighted by Crippen LogP contribution is -2.20. The van der Waals surface area contributed by atoms with Crippen molar-refractivity contribution in [1.29, 1.82) is 0 Å². The first kappa shape index (κ1) is 12.0. The molecule has 84 valence electrons. The minimum Gasteiger partial charge on any atom is -0.393 e. The molecule has 0 saturated heterocycles. The van der Waals surface area contributed by atoms with Crippen LogP contribution in [0.1, 0.15) is 59.3 Å². The first-order valence-electron chi connectivity index (χ1n) is 6.35. The Morgan fingerprint density at radius 1 is 1.29 bits per heavy atom. The SMILES string of the molecule is CCC(C)CC(O)C1CCC(CC)C1. The Bertz CT molecular complexity index is 155. The highest BCUT2D eigenvalue weighted by molar-refractivity contribution is 4.80. The molecule has 1 aliphatic carbocycles. The summed E-state index contributed by atoms with van der Waals surface area (Å²) in [6.07, 6.45) is 7.36. The molecule has 0 spiro atoms. The molecule has 0 amide bonds. The third-order valence-electron chi connectivity index (χ3n) is 4.04. The van der Waals surface area contributed by atoms with Crippen LogP contribution in [0.4, 0.5) is 0 Å². The van der Waals surface area contributed by atoms with Crippen LogP contribution in [0.2, 0.25) is 0 Å². The van der Waals surface area contributed by atoms with Crippen molar-refractivity contribution >= 4 is 0 Å². The van der Waals surface area contributed by atoms with E-state index in [0.29, 0.717) is 11.8 Å². The topological polar surface area (TPSA) is 20.2 Å². The van der Waals surface area contributed by atoms with Crippen molar-refractivity contribution in [3.63, 3.8) is 0 Å². The van der Waals surface area contributed by atoms with Gasteiger partial charge in [0, 0.05) is 0 Å². The second kappa shape index (κ2) is 5.75. The number of aliphatic hydroxyl groups is 1. The van der Waals surface area contributed by atoms with Crippen molar-refractivity contribution in [3.05, 3.63) is 0 Å². The first-order valence-corrected chi connectivity index (χ1v) is 6.35. The lowest BCUT2D eigenvalue weighted by atomic mass is 9.90. The maximum atomic E-state index is 10.1. The van der Waals surface area contributed by atoms with Gasteiger partial charge in [0.2, 0.25) is 0 Å². The highest BCUT2D eigenvalue weighted by atomic mass is 16.3. The molecule has 4 unspecified atom stereocenters. The molecule has 1 heteroatoms. The van der Waals surface area contributed by atoms with E-state index in [0.717, 1.165) is 12.3 Å². The van der Waals surface area contributed by atoms with Crippen LogP contribution in [0.15, 0.2) is 0 Å². The van der Waals surface area contributed by atoms with Gasteiger partial charge in [0.05, 0.1) is 6.10 Å². The normalized spacial score (nSPS) is 31.7. The zero-order chi connectivity index (χ0) is 10.6. The number of aliphatic hydroxyl groups excluding tert-OH is 1. The van der Waals surface area contributed by atoms with Gasteiger partial charge in [0.15, 0.2) is 0 Å². The molecule has 0 heterocycles. The van der Waals surface area contributed by atoms with E-state index in [-0.39, 0.29) is 6.10 Å². The zero-order valence-electron chi connectivity index (χ0n) is 10.00. The fraction of sp³-hybridized carbons (Fsp3) is 1.00. The molecule has 0 aromatic rings. The molecule has 1 N–H and O–H groups in total. The Hall–Kier alpha value is -0.0400. The second-order valence-electron chi connectivity index (χ2n) is 5.16. The minimum atomic E-state index is -0.0264. The summed E-state index contributed by atoms with van der Waals surface area (Å²) in [6.45, 7) is 6.73. The molecule has 0 aliphatic heterocycles. The molecular formula is C13H26O. The van der Waals surface area contributed by atoms with E-state index in [2.05, 4.69) is 20.8 Å². The molecular weight excluding hydrogens is 172 g/mol. The van der Waals surface area contributed by atoms with E-state index in [9.17, 15) is 5.11 Å². The Kier molecular flexibility index (Phi) is 4.94. The lowest BCUT2D eigenvalue weighted by Gasteiger charge is -2.21. The van der Waals surface area contributed by atoms with E-state index in [4.69, 9.17) is 0 Å². The third kappa shape index (κ3) is 3.27. The van der Waals surface area contributed by atoms with Gasteiger partial charge in [-0.05, 0) is 37.0 Å². The van der Waals surface area contributed by atoms with Gasteiger partial charge in [-0.3, -0.25) is 0 Å². The predicted octanol–water partition coefficient (Wildman–Crippen LogP) is 3.61. The van der Waals surface area contributed by atoms with E-state index in [1.807, 2.05) is 0 Å². The molecule has 14 heavy (non-hydrogen) atoms. The Labute approximate surface area is 88.9 Å². The minimum absolute atomic E-state index is 0.0264. The average Bonchev–Trinajstić information content (AvgIpc) is 2.65. The summed E-state index contributed by atoms with van der Waals surface area (Å²) in [6, 6.07) is 0. The number of hydrogen-bond donors (Lipinski definition) is 1. The van der Waals surface area contributed by atoms with Gasteiger partial charge in [-0.25, -0.2) is 0 Å².